The maximum absolute atomic E-state index is 10.2. The maximum Gasteiger partial charge on any atom is 0.414 e. The first kappa shape index (κ1) is 24.1. The van der Waals surface area contributed by atoms with Crippen molar-refractivity contribution in [3.63, 3.8) is 0 Å². The fourth-order valence-electron chi connectivity index (χ4n) is 2.57. The Labute approximate surface area is 170 Å². The molecule has 8 heteroatoms. The molecule has 0 saturated carbocycles. The van der Waals surface area contributed by atoms with Gasteiger partial charge < -0.3 is 30.3 Å². The minimum absolute atomic E-state index is 0.240. The van der Waals surface area contributed by atoms with Gasteiger partial charge in [-0.25, -0.2) is 9.59 Å². The van der Waals surface area contributed by atoms with Gasteiger partial charge in [0.05, 0.1) is 13.2 Å². The summed E-state index contributed by atoms with van der Waals surface area (Å²) in [6, 6.07) is 18.1. The number of aliphatic hydroxyl groups is 1. The van der Waals surface area contributed by atoms with Crippen LogP contribution in [0.25, 0.3) is 0 Å². The molecule has 4 N–H and O–H groups in total. The molecule has 0 aliphatic carbocycles. The third-order valence-corrected chi connectivity index (χ3v) is 4.17. The summed E-state index contributed by atoms with van der Waals surface area (Å²) >= 11 is 0. The van der Waals surface area contributed by atoms with Crippen molar-refractivity contribution in [2.75, 3.05) is 34.3 Å². The van der Waals surface area contributed by atoms with Gasteiger partial charge in [0.25, 0.3) is 0 Å². The van der Waals surface area contributed by atoms with E-state index in [1.807, 2.05) is 42.5 Å². The molecule has 2 atom stereocenters. The molecule has 0 amide bonds. The topological polar surface area (TPSA) is 119 Å². The lowest BCUT2D eigenvalue weighted by molar-refractivity contribution is -0.159. The summed E-state index contributed by atoms with van der Waals surface area (Å²) in [4.78, 5) is 20.4. The number of nitrogens with zero attached hydrogens (tertiary/aromatic N) is 1. The highest BCUT2D eigenvalue weighted by Crippen LogP contribution is 2.21. The Bertz CT molecular complexity index is 738. The van der Waals surface area contributed by atoms with Gasteiger partial charge in [-0.15, -0.1) is 0 Å². The van der Waals surface area contributed by atoms with Crippen LogP contribution in [-0.2, 0) is 9.59 Å². The van der Waals surface area contributed by atoms with Crippen molar-refractivity contribution in [1.29, 1.82) is 0 Å². The van der Waals surface area contributed by atoms with Crippen molar-refractivity contribution < 1.29 is 29.6 Å². The van der Waals surface area contributed by atoms with E-state index in [4.69, 9.17) is 24.5 Å². The first-order valence-corrected chi connectivity index (χ1v) is 8.96. The zero-order valence-electron chi connectivity index (χ0n) is 16.8. The molecule has 0 saturated heterocycles. The van der Waals surface area contributed by atoms with Crippen LogP contribution in [-0.4, -0.2) is 66.5 Å². The average molecular weight is 404 g/mol. The molecular weight excluding hydrogens is 376 g/mol. The van der Waals surface area contributed by atoms with E-state index < -0.39 is 18.0 Å². The Balaban J connectivity index is 0.000000612. The van der Waals surface area contributed by atoms with Crippen LogP contribution >= 0.6 is 0 Å². The highest BCUT2D eigenvalue weighted by atomic mass is 16.5. The van der Waals surface area contributed by atoms with Gasteiger partial charge in [-0.2, -0.15) is 0 Å². The average Bonchev–Trinajstić information content (AvgIpc) is 2.72. The lowest BCUT2D eigenvalue weighted by atomic mass is 10.1. The summed E-state index contributed by atoms with van der Waals surface area (Å²) in [7, 11) is 5.79. The molecule has 2 rings (SSSR count). The van der Waals surface area contributed by atoms with E-state index in [1.165, 1.54) is 5.56 Å². The maximum atomic E-state index is 10.2. The van der Waals surface area contributed by atoms with Gasteiger partial charge in [-0.1, -0.05) is 42.5 Å². The van der Waals surface area contributed by atoms with Crippen LogP contribution in [0.4, 0.5) is 0 Å². The molecular formula is C21H28N2O6. The van der Waals surface area contributed by atoms with E-state index in [9.17, 15) is 5.11 Å². The van der Waals surface area contributed by atoms with E-state index in [2.05, 4.69) is 36.4 Å². The summed E-state index contributed by atoms with van der Waals surface area (Å²) in [5.41, 5.74) is 2.16. The van der Waals surface area contributed by atoms with Crippen LogP contribution in [0, 0.1) is 0 Å². The Morgan fingerprint density at radius 2 is 1.48 bits per heavy atom. The second kappa shape index (κ2) is 12.5. The number of ether oxygens (including phenoxy) is 1. The number of hydrogen-bond donors (Lipinski definition) is 4. The van der Waals surface area contributed by atoms with E-state index in [0.29, 0.717) is 6.54 Å². The summed E-state index contributed by atoms with van der Waals surface area (Å²) < 4.78 is 5.21. The molecule has 0 aliphatic rings. The van der Waals surface area contributed by atoms with Crippen LogP contribution in [0.1, 0.15) is 23.3 Å². The molecule has 0 radical (unpaired) electrons. The van der Waals surface area contributed by atoms with Gasteiger partial charge in [0.1, 0.15) is 5.75 Å². The standard InChI is InChI=1S/C19H26N2O2.C2H2O4/c1-21(2)18(15-9-11-17(23-3)12-10-15)13-20-14-19(22)16-7-5-4-6-8-16;3-1(4)2(5)6/h4-12,18-20,22H,13-14H2,1-3H3;(H,3,4)(H,5,6). The third kappa shape index (κ3) is 8.73. The fraction of sp³-hybridized carbons (Fsp3) is 0.333. The van der Waals surface area contributed by atoms with Gasteiger partial charge in [-0.3, -0.25) is 0 Å². The molecule has 29 heavy (non-hydrogen) atoms. The molecule has 0 spiro atoms. The Hall–Kier alpha value is -2.94. The molecule has 0 aromatic heterocycles. The number of carboxylic acids is 2. The number of rotatable bonds is 8. The third-order valence-electron chi connectivity index (χ3n) is 4.17. The van der Waals surface area contributed by atoms with Crippen molar-refractivity contribution in [1.82, 2.24) is 10.2 Å². The number of nitrogens with one attached hydrogen (secondary N) is 1. The second-order valence-electron chi connectivity index (χ2n) is 6.45. The highest BCUT2D eigenvalue weighted by molar-refractivity contribution is 6.27. The number of benzene rings is 2. The molecule has 0 fully saturated rings. The summed E-state index contributed by atoms with van der Waals surface area (Å²) in [5.74, 6) is -2.79. The molecule has 2 unspecified atom stereocenters. The van der Waals surface area contributed by atoms with Crippen molar-refractivity contribution in [2.24, 2.45) is 0 Å². The van der Waals surface area contributed by atoms with E-state index >= 15 is 0 Å². The molecule has 0 aliphatic heterocycles. The number of likely N-dealkylation sites (N-methyl/N-ethyl adjacent to an activating group) is 1. The van der Waals surface area contributed by atoms with Crippen LogP contribution in [0.2, 0.25) is 0 Å². The minimum Gasteiger partial charge on any atom is -0.497 e. The Morgan fingerprint density at radius 1 is 0.931 bits per heavy atom. The van der Waals surface area contributed by atoms with Gasteiger partial charge in [-0.05, 0) is 37.4 Å². The van der Waals surface area contributed by atoms with Crippen molar-refractivity contribution in [3.05, 3.63) is 65.7 Å². The van der Waals surface area contributed by atoms with Crippen LogP contribution in [0.3, 0.4) is 0 Å². The van der Waals surface area contributed by atoms with E-state index in [0.717, 1.165) is 17.9 Å². The largest absolute Gasteiger partial charge is 0.497 e. The molecule has 0 bridgehead atoms. The SMILES string of the molecule is COc1ccc(C(CNCC(O)c2ccccc2)N(C)C)cc1.O=C(O)C(=O)O. The molecule has 2 aromatic rings. The van der Waals surface area contributed by atoms with E-state index in [-0.39, 0.29) is 6.04 Å². The quantitative estimate of drug-likeness (QED) is 0.492. The zero-order chi connectivity index (χ0) is 21.8. The number of aliphatic hydroxyl groups excluding tert-OH is 1. The van der Waals surface area contributed by atoms with Crippen LogP contribution < -0.4 is 10.1 Å². The number of carbonyl (C=O) groups is 2. The number of carboxylic acid groups (broad SMARTS) is 2. The number of aliphatic carboxylic acids is 2. The Kier molecular flexibility index (Phi) is 10.4. The van der Waals surface area contributed by atoms with Gasteiger partial charge in [0.2, 0.25) is 0 Å². The Morgan fingerprint density at radius 3 is 1.93 bits per heavy atom. The van der Waals surface area contributed by atoms with E-state index in [1.54, 1.807) is 7.11 Å². The smallest absolute Gasteiger partial charge is 0.414 e. The lowest BCUT2D eigenvalue weighted by Gasteiger charge is -2.26. The predicted octanol–water partition coefficient (Wildman–Crippen LogP) is 1.78. The van der Waals surface area contributed by atoms with Gasteiger partial charge >= 0.3 is 11.9 Å². The monoisotopic (exact) mass is 404 g/mol. The normalized spacial score (nSPS) is 12.4. The molecule has 158 valence electrons. The van der Waals surface area contributed by atoms with Crippen molar-refractivity contribution >= 4 is 11.9 Å². The predicted molar refractivity (Wildman–Crippen MR) is 109 cm³/mol. The molecule has 2 aromatic carbocycles. The van der Waals surface area contributed by atoms with Gasteiger partial charge in [0.15, 0.2) is 0 Å². The first-order valence-electron chi connectivity index (χ1n) is 8.96. The van der Waals surface area contributed by atoms with Gasteiger partial charge in [0, 0.05) is 19.1 Å². The summed E-state index contributed by atoms with van der Waals surface area (Å²) in [6.07, 6.45) is -0.491. The minimum atomic E-state index is -1.82. The summed E-state index contributed by atoms with van der Waals surface area (Å²) in [5, 5.41) is 28.4. The van der Waals surface area contributed by atoms with Crippen LogP contribution in [0.15, 0.2) is 54.6 Å². The molecule has 8 nitrogen and oxygen atoms in total. The second-order valence-corrected chi connectivity index (χ2v) is 6.45. The van der Waals surface area contributed by atoms with Crippen molar-refractivity contribution in [2.45, 2.75) is 12.1 Å². The zero-order valence-corrected chi connectivity index (χ0v) is 16.8. The lowest BCUT2D eigenvalue weighted by Crippen LogP contribution is -2.33. The fourth-order valence-corrected chi connectivity index (χ4v) is 2.57. The van der Waals surface area contributed by atoms with Crippen LogP contribution in [0.5, 0.6) is 5.75 Å². The highest BCUT2D eigenvalue weighted by Gasteiger charge is 2.15. The number of hydrogen-bond acceptors (Lipinski definition) is 6. The van der Waals surface area contributed by atoms with Crippen molar-refractivity contribution in [3.8, 4) is 5.75 Å². The number of methoxy groups -OCH3 is 1. The summed E-state index contributed by atoms with van der Waals surface area (Å²) in [6.45, 7) is 1.30. The first-order chi connectivity index (χ1) is 13.8. The molecule has 0 heterocycles.